The molecular formula is C28H56. The number of unbranched alkanes of at least 4 members (excludes halogenated alkanes) is 19. The van der Waals surface area contributed by atoms with E-state index in [-0.39, 0.29) is 0 Å². The Labute approximate surface area is 180 Å². The molecule has 0 aliphatic carbocycles. The quantitative estimate of drug-likeness (QED) is 0.120. The van der Waals surface area contributed by atoms with E-state index in [1.165, 1.54) is 148 Å². The Hall–Kier alpha value is -0.260. The molecule has 0 aromatic heterocycles. The van der Waals surface area contributed by atoms with Gasteiger partial charge in [-0.05, 0) is 32.1 Å². The summed E-state index contributed by atoms with van der Waals surface area (Å²) < 4.78 is 0. The zero-order valence-electron chi connectivity index (χ0n) is 20.3. The van der Waals surface area contributed by atoms with Crippen molar-refractivity contribution < 1.29 is 0 Å². The molecule has 0 rings (SSSR count). The Kier molecular flexibility index (Phi) is 24.5. The summed E-state index contributed by atoms with van der Waals surface area (Å²) in [4.78, 5) is 0. The molecule has 0 aromatic rings. The minimum Gasteiger partial charge on any atom is -0.0853 e. The van der Waals surface area contributed by atoms with Gasteiger partial charge in [-0.3, -0.25) is 0 Å². The Morgan fingerprint density at radius 3 is 1.18 bits per heavy atom. The maximum atomic E-state index is 2.58. The highest BCUT2D eigenvalue weighted by atomic mass is 14.0. The van der Waals surface area contributed by atoms with Crippen LogP contribution in [-0.2, 0) is 0 Å². The first-order chi connectivity index (χ1) is 13.8. The first-order valence-corrected chi connectivity index (χ1v) is 13.5. The van der Waals surface area contributed by atoms with E-state index in [4.69, 9.17) is 0 Å². The van der Waals surface area contributed by atoms with Crippen molar-refractivity contribution in [2.45, 2.75) is 168 Å². The molecule has 28 heavy (non-hydrogen) atoms. The Bertz CT molecular complexity index is 301. The van der Waals surface area contributed by atoms with E-state index in [1.54, 1.807) is 5.57 Å². The Balaban J connectivity index is 3.38. The molecule has 0 unspecified atom stereocenters. The summed E-state index contributed by atoms with van der Waals surface area (Å²) in [5.41, 5.74) is 1.73. The van der Waals surface area contributed by atoms with E-state index >= 15 is 0 Å². The van der Waals surface area contributed by atoms with Gasteiger partial charge in [0.15, 0.2) is 0 Å². The summed E-state index contributed by atoms with van der Waals surface area (Å²) in [5, 5.41) is 0. The number of allylic oxidation sites excluding steroid dienone is 2. The molecule has 0 fully saturated rings. The smallest absolute Gasteiger partial charge is 0.0320 e. The second-order valence-corrected chi connectivity index (χ2v) is 9.12. The van der Waals surface area contributed by atoms with Crippen LogP contribution in [0.1, 0.15) is 168 Å². The van der Waals surface area contributed by atoms with E-state index in [0.29, 0.717) is 0 Å². The predicted molar refractivity (Wildman–Crippen MR) is 131 cm³/mol. The van der Waals surface area contributed by atoms with E-state index < -0.39 is 0 Å². The van der Waals surface area contributed by atoms with Crippen molar-refractivity contribution in [1.82, 2.24) is 0 Å². The van der Waals surface area contributed by atoms with Gasteiger partial charge in [-0.2, -0.15) is 0 Å². The first-order valence-electron chi connectivity index (χ1n) is 13.5. The fourth-order valence-electron chi connectivity index (χ4n) is 4.20. The Morgan fingerprint density at radius 2 is 0.786 bits per heavy atom. The highest BCUT2D eigenvalue weighted by Gasteiger charge is 1.97. The van der Waals surface area contributed by atoms with E-state index in [9.17, 15) is 0 Å². The van der Waals surface area contributed by atoms with Crippen molar-refractivity contribution in [3.8, 4) is 0 Å². The normalized spacial score (nSPS) is 12.0. The molecule has 0 heteroatoms. The van der Waals surface area contributed by atoms with Gasteiger partial charge < -0.3 is 0 Å². The van der Waals surface area contributed by atoms with Crippen molar-refractivity contribution in [1.29, 1.82) is 0 Å². The molecule has 0 radical (unpaired) electrons. The van der Waals surface area contributed by atoms with Crippen LogP contribution >= 0.6 is 0 Å². The zero-order chi connectivity index (χ0) is 20.5. The van der Waals surface area contributed by atoms with Crippen LogP contribution in [0.5, 0.6) is 0 Å². The molecule has 0 nitrogen and oxygen atoms in total. The molecule has 0 saturated heterocycles. The number of hydrogen-bond acceptors (Lipinski definition) is 0. The lowest BCUT2D eigenvalue weighted by atomic mass is 10.0. The third-order valence-electron chi connectivity index (χ3n) is 6.30. The largest absolute Gasteiger partial charge is 0.0853 e. The zero-order valence-corrected chi connectivity index (χ0v) is 20.3. The van der Waals surface area contributed by atoms with Gasteiger partial charge in [0, 0.05) is 0 Å². The summed E-state index contributed by atoms with van der Waals surface area (Å²) in [5.74, 6) is 0. The lowest BCUT2D eigenvalue weighted by Gasteiger charge is -2.06. The Morgan fingerprint density at radius 1 is 0.429 bits per heavy atom. The molecule has 0 amide bonds. The van der Waals surface area contributed by atoms with Crippen LogP contribution < -0.4 is 0 Å². The fraction of sp³-hybridized carbons (Fsp3) is 0.929. The molecule has 0 saturated carbocycles. The maximum Gasteiger partial charge on any atom is -0.0320 e. The highest BCUT2D eigenvalue weighted by Crippen LogP contribution is 2.17. The first kappa shape index (κ1) is 27.7. The van der Waals surface area contributed by atoms with Gasteiger partial charge in [0.1, 0.15) is 0 Å². The van der Waals surface area contributed by atoms with Gasteiger partial charge in [-0.1, -0.05) is 148 Å². The molecule has 0 heterocycles. The summed E-state index contributed by atoms with van der Waals surface area (Å²) in [6, 6.07) is 0. The summed E-state index contributed by atoms with van der Waals surface area (Å²) in [6.45, 7) is 6.95. The standard InChI is InChI=1S/C28H56/c1-4-7-9-11-13-15-17-19-21-23-25-27-28(6-3)26-24-22-20-18-16-14-12-10-8-5-2/h27H,4-26H2,1-3H3. The SMILES string of the molecule is CCCCCCCCCCCCC=C(CC)CCCCCCCCCCCC. The van der Waals surface area contributed by atoms with Crippen molar-refractivity contribution >= 4 is 0 Å². The van der Waals surface area contributed by atoms with Crippen LogP contribution in [-0.4, -0.2) is 0 Å². The summed E-state index contributed by atoms with van der Waals surface area (Å²) >= 11 is 0. The molecule has 0 aromatic carbocycles. The van der Waals surface area contributed by atoms with Gasteiger partial charge in [-0.15, -0.1) is 0 Å². The lowest BCUT2D eigenvalue weighted by Crippen LogP contribution is -1.86. The molecule has 0 N–H and O–H groups in total. The number of rotatable bonds is 23. The second-order valence-electron chi connectivity index (χ2n) is 9.12. The molecule has 0 aliphatic rings. The average Bonchev–Trinajstić information content (AvgIpc) is 2.71. The van der Waals surface area contributed by atoms with Crippen LogP contribution in [0.15, 0.2) is 11.6 Å². The molecule has 168 valence electrons. The van der Waals surface area contributed by atoms with Crippen molar-refractivity contribution in [2.24, 2.45) is 0 Å². The molecular weight excluding hydrogens is 336 g/mol. The fourth-order valence-corrected chi connectivity index (χ4v) is 4.20. The maximum absolute atomic E-state index is 2.58. The van der Waals surface area contributed by atoms with Gasteiger partial charge in [0.05, 0.1) is 0 Å². The van der Waals surface area contributed by atoms with Crippen LogP contribution in [0.3, 0.4) is 0 Å². The number of hydrogen-bond donors (Lipinski definition) is 0. The molecule has 0 aliphatic heterocycles. The molecule has 0 bridgehead atoms. The second kappa shape index (κ2) is 24.8. The van der Waals surface area contributed by atoms with Crippen molar-refractivity contribution in [3.05, 3.63) is 11.6 Å². The van der Waals surface area contributed by atoms with E-state index in [0.717, 1.165) is 0 Å². The van der Waals surface area contributed by atoms with Crippen LogP contribution in [0.4, 0.5) is 0 Å². The van der Waals surface area contributed by atoms with Crippen molar-refractivity contribution in [2.75, 3.05) is 0 Å². The van der Waals surface area contributed by atoms with Crippen LogP contribution in [0.25, 0.3) is 0 Å². The van der Waals surface area contributed by atoms with Gasteiger partial charge in [0.2, 0.25) is 0 Å². The highest BCUT2D eigenvalue weighted by molar-refractivity contribution is 5.00. The summed E-state index contributed by atoms with van der Waals surface area (Å²) in [6.07, 6.45) is 35.5. The van der Waals surface area contributed by atoms with Gasteiger partial charge in [0.25, 0.3) is 0 Å². The van der Waals surface area contributed by atoms with Gasteiger partial charge >= 0.3 is 0 Å². The molecule has 0 atom stereocenters. The average molecular weight is 393 g/mol. The molecule has 0 spiro atoms. The predicted octanol–water partition coefficient (Wildman–Crippen LogP) is 10.9. The lowest BCUT2D eigenvalue weighted by molar-refractivity contribution is 0.553. The van der Waals surface area contributed by atoms with E-state index in [1.807, 2.05) is 0 Å². The van der Waals surface area contributed by atoms with Gasteiger partial charge in [-0.25, -0.2) is 0 Å². The van der Waals surface area contributed by atoms with Crippen LogP contribution in [0.2, 0.25) is 0 Å². The monoisotopic (exact) mass is 392 g/mol. The third-order valence-corrected chi connectivity index (χ3v) is 6.30. The minimum absolute atomic E-state index is 1.27. The van der Waals surface area contributed by atoms with Crippen LogP contribution in [0, 0.1) is 0 Å². The minimum atomic E-state index is 1.27. The third kappa shape index (κ3) is 22.0. The topological polar surface area (TPSA) is 0 Å². The van der Waals surface area contributed by atoms with Crippen molar-refractivity contribution in [3.63, 3.8) is 0 Å². The van der Waals surface area contributed by atoms with E-state index in [2.05, 4.69) is 26.8 Å². The summed E-state index contributed by atoms with van der Waals surface area (Å²) in [7, 11) is 0.